The normalized spacial score (nSPS) is 18.4. The maximum atomic E-state index is 14.7. The van der Waals surface area contributed by atoms with Gasteiger partial charge in [-0.15, -0.1) is 0 Å². The lowest BCUT2D eigenvalue weighted by molar-refractivity contribution is -0.143. The Labute approximate surface area is 232 Å². The Balaban J connectivity index is 1.44. The van der Waals surface area contributed by atoms with Crippen LogP contribution in [0, 0.1) is 17.6 Å². The van der Waals surface area contributed by atoms with Crippen molar-refractivity contribution >= 4 is 28.6 Å². The number of amides is 2. The number of rotatable bonds is 10. The average Bonchev–Trinajstić information content (AvgIpc) is 3.39. The zero-order valence-corrected chi connectivity index (χ0v) is 23.0. The van der Waals surface area contributed by atoms with E-state index >= 15 is 0 Å². The molecule has 0 spiro atoms. The fourth-order valence-corrected chi connectivity index (χ4v) is 5.32. The molecular weight excluding hydrogens is 516 g/mol. The Morgan fingerprint density at radius 3 is 2.45 bits per heavy atom. The summed E-state index contributed by atoms with van der Waals surface area (Å²) in [5, 5.41) is 8.44. The first-order chi connectivity index (χ1) is 19.2. The molecule has 1 fully saturated rings. The van der Waals surface area contributed by atoms with E-state index < -0.39 is 35.5 Å². The molecule has 3 aromatic rings. The fraction of sp³-hybridized carbons (Fsp3) is 0.387. The third-order valence-corrected chi connectivity index (χ3v) is 7.65. The van der Waals surface area contributed by atoms with Gasteiger partial charge in [-0.25, -0.2) is 8.78 Å². The molecule has 0 bridgehead atoms. The number of nitrogens with one attached hydrogen (secondary N) is 2. The predicted octanol–water partition coefficient (Wildman–Crippen LogP) is 3.95. The topological polar surface area (TPSA) is 87.7 Å². The highest BCUT2D eigenvalue weighted by Crippen LogP contribution is 2.34. The van der Waals surface area contributed by atoms with Gasteiger partial charge < -0.3 is 20.3 Å². The van der Waals surface area contributed by atoms with Crippen molar-refractivity contribution in [3.63, 3.8) is 0 Å². The molecule has 0 saturated carbocycles. The van der Waals surface area contributed by atoms with E-state index in [1.807, 2.05) is 49.4 Å². The molecule has 1 aliphatic heterocycles. The minimum Gasteiger partial charge on any atom is -0.468 e. The summed E-state index contributed by atoms with van der Waals surface area (Å²) in [6.45, 7) is 3.92. The third kappa shape index (κ3) is 6.83. The minimum atomic E-state index is -0.739. The van der Waals surface area contributed by atoms with Crippen molar-refractivity contribution in [3.8, 4) is 0 Å². The van der Waals surface area contributed by atoms with Gasteiger partial charge in [0.1, 0.15) is 17.7 Å². The van der Waals surface area contributed by atoms with Crippen LogP contribution in [0.4, 0.5) is 8.78 Å². The third-order valence-electron chi connectivity index (χ3n) is 7.65. The molecule has 1 saturated heterocycles. The molecule has 0 aromatic heterocycles. The fourth-order valence-electron chi connectivity index (χ4n) is 5.32. The van der Waals surface area contributed by atoms with Gasteiger partial charge in [-0.1, -0.05) is 55.5 Å². The van der Waals surface area contributed by atoms with Crippen LogP contribution < -0.4 is 10.6 Å². The summed E-state index contributed by atoms with van der Waals surface area (Å²) in [4.78, 5) is 39.6. The van der Waals surface area contributed by atoms with Gasteiger partial charge in [0, 0.05) is 44.6 Å². The maximum Gasteiger partial charge on any atom is 0.323 e. The molecule has 4 atom stereocenters. The highest BCUT2D eigenvalue weighted by molar-refractivity contribution is 5.84. The van der Waals surface area contributed by atoms with Crippen LogP contribution >= 0.6 is 0 Å². The van der Waals surface area contributed by atoms with Crippen molar-refractivity contribution in [2.45, 2.75) is 44.7 Å². The molecule has 2 N–H and O–H groups in total. The molecule has 1 heterocycles. The van der Waals surface area contributed by atoms with E-state index in [0.717, 1.165) is 28.5 Å². The zero-order chi connectivity index (χ0) is 28.8. The van der Waals surface area contributed by atoms with E-state index in [1.165, 1.54) is 25.0 Å². The highest BCUT2D eigenvalue weighted by Gasteiger charge is 2.41. The van der Waals surface area contributed by atoms with Crippen LogP contribution in [0.25, 0.3) is 10.8 Å². The molecule has 9 heteroatoms. The SMILES string of the molecule is CC[C@@H](CN[C@@H](Cc1ccc2ccccc2c1)C(=O)OC)NC(=O)[C@@H]1CN(C(C)=O)C[C@H]1c1ccc(F)cc1F. The summed E-state index contributed by atoms with van der Waals surface area (Å²) in [6, 6.07) is 16.4. The van der Waals surface area contributed by atoms with Gasteiger partial charge in [-0.2, -0.15) is 0 Å². The van der Waals surface area contributed by atoms with Crippen LogP contribution in [-0.2, 0) is 25.5 Å². The summed E-state index contributed by atoms with van der Waals surface area (Å²) in [5.74, 6) is -3.70. The zero-order valence-electron chi connectivity index (χ0n) is 23.0. The Hall–Kier alpha value is -3.85. The predicted molar refractivity (Wildman–Crippen MR) is 149 cm³/mol. The summed E-state index contributed by atoms with van der Waals surface area (Å²) in [6.07, 6.45) is 0.978. The van der Waals surface area contributed by atoms with Gasteiger partial charge in [0.25, 0.3) is 0 Å². The number of likely N-dealkylation sites (tertiary alicyclic amines) is 1. The number of carbonyl (C=O) groups excluding carboxylic acids is 3. The molecule has 7 nitrogen and oxygen atoms in total. The van der Waals surface area contributed by atoms with E-state index in [0.29, 0.717) is 19.4 Å². The van der Waals surface area contributed by atoms with Crippen molar-refractivity contribution in [1.82, 2.24) is 15.5 Å². The number of methoxy groups -OCH3 is 1. The summed E-state index contributed by atoms with van der Waals surface area (Å²) in [7, 11) is 1.34. The lowest BCUT2D eigenvalue weighted by Crippen LogP contribution is -2.49. The molecule has 0 aliphatic carbocycles. The lowest BCUT2D eigenvalue weighted by atomic mass is 9.87. The molecule has 2 amide bonds. The number of hydrogen-bond donors (Lipinski definition) is 2. The van der Waals surface area contributed by atoms with Crippen molar-refractivity contribution in [2.75, 3.05) is 26.7 Å². The highest BCUT2D eigenvalue weighted by atomic mass is 19.1. The van der Waals surface area contributed by atoms with Gasteiger partial charge in [0.2, 0.25) is 11.8 Å². The van der Waals surface area contributed by atoms with E-state index in [1.54, 1.807) is 0 Å². The molecule has 1 aliphatic rings. The van der Waals surface area contributed by atoms with E-state index in [-0.39, 0.29) is 36.5 Å². The van der Waals surface area contributed by atoms with Crippen molar-refractivity contribution in [1.29, 1.82) is 0 Å². The van der Waals surface area contributed by atoms with Crippen molar-refractivity contribution in [3.05, 3.63) is 83.4 Å². The van der Waals surface area contributed by atoms with Gasteiger partial charge >= 0.3 is 5.97 Å². The number of hydrogen-bond acceptors (Lipinski definition) is 5. The molecule has 212 valence electrons. The smallest absolute Gasteiger partial charge is 0.323 e. The van der Waals surface area contributed by atoms with Gasteiger partial charge in [0.05, 0.1) is 13.0 Å². The van der Waals surface area contributed by atoms with Crippen LogP contribution in [0.15, 0.2) is 60.7 Å². The van der Waals surface area contributed by atoms with Crippen LogP contribution in [0.3, 0.4) is 0 Å². The summed E-state index contributed by atoms with van der Waals surface area (Å²) >= 11 is 0. The second-order valence-electron chi connectivity index (χ2n) is 10.3. The van der Waals surface area contributed by atoms with E-state index in [4.69, 9.17) is 4.74 Å². The first-order valence-corrected chi connectivity index (χ1v) is 13.5. The van der Waals surface area contributed by atoms with Crippen LogP contribution in [-0.4, -0.2) is 61.5 Å². The van der Waals surface area contributed by atoms with E-state index in [2.05, 4.69) is 10.6 Å². The molecule has 0 radical (unpaired) electrons. The number of nitrogens with zero attached hydrogens (tertiary/aromatic N) is 1. The maximum absolute atomic E-state index is 14.7. The van der Waals surface area contributed by atoms with Crippen molar-refractivity contribution < 1.29 is 27.9 Å². The Morgan fingerprint density at radius 1 is 1.02 bits per heavy atom. The second-order valence-corrected chi connectivity index (χ2v) is 10.3. The first kappa shape index (κ1) is 29.1. The quantitative estimate of drug-likeness (QED) is 0.373. The second kappa shape index (κ2) is 13.0. The number of carbonyl (C=O) groups is 3. The molecule has 3 aromatic carbocycles. The number of benzene rings is 3. The molecule has 40 heavy (non-hydrogen) atoms. The Bertz CT molecular complexity index is 1380. The number of ether oxygens (including phenoxy) is 1. The monoisotopic (exact) mass is 551 g/mol. The van der Waals surface area contributed by atoms with Crippen LogP contribution in [0.5, 0.6) is 0 Å². The van der Waals surface area contributed by atoms with Gasteiger partial charge in [0.15, 0.2) is 0 Å². The van der Waals surface area contributed by atoms with Gasteiger partial charge in [-0.05, 0) is 40.8 Å². The van der Waals surface area contributed by atoms with Crippen molar-refractivity contribution in [2.24, 2.45) is 5.92 Å². The lowest BCUT2D eigenvalue weighted by Gasteiger charge is -2.25. The molecule has 0 unspecified atom stereocenters. The van der Waals surface area contributed by atoms with E-state index in [9.17, 15) is 23.2 Å². The average molecular weight is 552 g/mol. The number of esters is 1. The Kier molecular flexibility index (Phi) is 9.47. The summed E-state index contributed by atoms with van der Waals surface area (Å²) in [5.41, 5.74) is 1.18. The molecule has 4 rings (SSSR count). The van der Waals surface area contributed by atoms with Crippen LogP contribution in [0.2, 0.25) is 0 Å². The molecular formula is C31H35F2N3O4. The summed E-state index contributed by atoms with van der Waals surface area (Å²) < 4.78 is 33.2. The number of halogens is 2. The standard InChI is InChI=1S/C31H35F2N3O4/c1-4-24(16-34-29(31(39)40-3)14-20-9-10-21-7-5-6-8-22(21)13-20)35-30(38)27-18-36(19(2)37)17-26(27)25-12-11-23(32)15-28(25)33/h5-13,15,24,26-27,29,34H,4,14,16-18H2,1-3H3,(H,35,38)/t24-,26-,27+,29-/m0/s1. The van der Waals surface area contributed by atoms with Crippen LogP contribution in [0.1, 0.15) is 37.3 Å². The largest absolute Gasteiger partial charge is 0.468 e. The number of fused-ring (bicyclic) bond motifs is 1. The first-order valence-electron chi connectivity index (χ1n) is 13.5. The minimum absolute atomic E-state index is 0.138. The Morgan fingerprint density at radius 2 is 1.77 bits per heavy atom. The van der Waals surface area contributed by atoms with Gasteiger partial charge in [-0.3, -0.25) is 14.4 Å².